The summed E-state index contributed by atoms with van der Waals surface area (Å²) in [6.07, 6.45) is 6.59. The van der Waals surface area contributed by atoms with Crippen LogP contribution >= 0.6 is 0 Å². The van der Waals surface area contributed by atoms with E-state index >= 15 is 0 Å². The van der Waals surface area contributed by atoms with Crippen molar-refractivity contribution in [3.63, 3.8) is 0 Å². The van der Waals surface area contributed by atoms with Gasteiger partial charge >= 0.3 is 0 Å². The molecule has 6 heteroatoms. The number of fused-ring (bicyclic) bond motifs is 1. The number of rotatable bonds is 5. The van der Waals surface area contributed by atoms with E-state index in [9.17, 15) is 4.39 Å². The summed E-state index contributed by atoms with van der Waals surface area (Å²) in [7, 11) is 0. The Labute approximate surface area is 127 Å². The second kappa shape index (κ2) is 5.36. The van der Waals surface area contributed by atoms with Gasteiger partial charge in [-0.25, -0.2) is 9.37 Å². The van der Waals surface area contributed by atoms with Gasteiger partial charge in [-0.15, -0.1) is 10.2 Å². The molecule has 2 aromatic heterocycles. The van der Waals surface area contributed by atoms with Gasteiger partial charge in [0.05, 0.1) is 0 Å². The fraction of sp³-hybridized carbons (Fsp3) is 0.312. The molecule has 1 aromatic carbocycles. The maximum atomic E-state index is 13.6. The highest BCUT2D eigenvalue weighted by Crippen LogP contribution is 2.39. The molecule has 112 valence electrons. The Morgan fingerprint density at radius 2 is 2.09 bits per heavy atom. The van der Waals surface area contributed by atoms with Crippen LogP contribution in [0.2, 0.25) is 0 Å². The predicted octanol–water partition coefficient (Wildman–Crippen LogP) is 2.80. The average Bonchev–Trinajstić information content (AvgIpc) is 3.28. The molecule has 0 unspecified atom stereocenters. The Bertz CT molecular complexity index is 809. The molecule has 4 rings (SSSR count). The van der Waals surface area contributed by atoms with Crippen molar-refractivity contribution in [3.8, 4) is 0 Å². The monoisotopic (exact) mass is 297 g/mol. The number of hydrogen-bond acceptors (Lipinski definition) is 4. The van der Waals surface area contributed by atoms with Crippen molar-refractivity contribution < 1.29 is 4.39 Å². The number of nitrogens with zero attached hydrogens (tertiary/aromatic N) is 4. The zero-order valence-electron chi connectivity index (χ0n) is 12.0. The predicted molar refractivity (Wildman–Crippen MR) is 81.4 cm³/mol. The van der Waals surface area contributed by atoms with Crippen molar-refractivity contribution in [2.24, 2.45) is 0 Å². The van der Waals surface area contributed by atoms with Gasteiger partial charge in [0.1, 0.15) is 11.6 Å². The highest BCUT2D eigenvalue weighted by Gasteiger charge is 2.29. The normalized spacial score (nSPS) is 14.4. The molecule has 1 aliphatic rings. The molecule has 3 aromatic rings. The molecule has 2 heterocycles. The van der Waals surface area contributed by atoms with E-state index < -0.39 is 0 Å². The lowest BCUT2D eigenvalue weighted by Crippen LogP contribution is -2.09. The third-order valence-corrected chi connectivity index (χ3v) is 3.94. The Morgan fingerprint density at radius 3 is 2.91 bits per heavy atom. The van der Waals surface area contributed by atoms with E-state index in [0.29, 0.717) is 30.3 Å². The molecule has 0 radical (unpaired) electrons. The zero-order valence-corrected chi connectivity index (χ0v) is 12.0. The number of benzene rings is 1. The van der Waals surface area contributed by atoms with Crippen molar-refractivity contribution in [2.45, 2.75) is 25.2 Å². The summed E-state index contributed by atoms with van der Waals surface area (Å²) in [5, 5.41) is 11.7. The van der Waals surface area contributed by atoms with Gasteiger partial charge in [-0.1, -0.05) is 18.2 Å². The van der Waals surface area contributed by atoms with E-state index in [-0.39, 0.29) is 5.82 Å². The Morgan fingerprint density at radius 1 is 1.23 bits per heavy atom. The molecule has 22 heavy (non-hydrogen) atoms. The minimum atomic E-state index is -0.172. The number of hydrogen-bond donors (Lipinski definition) is 1. The summed E-state index contributed by atoms with van der Waals surface area (Å²) < 4.78 is 15.6. The first-order valence-electron chi connectivity index (χ1n) is 7.50. The molecule has 1 aliphatic carbocycles. The van der Waals surface area contributed by atoms with Crippen LogP contribution in [0.3, 0.4) is 0 Å². The van der Waals surface area contributed by atoms with Crippen molar-refractivity contribution in [1.82, 2.24) is 19.6 Å². The Kier molecular flexibility index (Phi) is 3.21. The molecule has 0 atom stereocenters. The number of aromatic nitrogens is 4. The molecular weight excluding hydrogens is 281 g/mol. The Balaban J connectivity index is 1.51. The molecule has 1 saturated carbocycles. The van der Waals surface area contributed by atoms with Crippen LogP contribution in [0.4, 0.5) is 10.2 Å². The van der Waals surface area contributed by atoms with Crippen LogP contribution in [-0.4, -0.2) is 26.1 Å². The lowest BCUT2D eigenvalue weighted by atomic mass is 10.1. The second-order valence-electron chi connectivity index (χ2n) is 5.57. The van der Waals surface area contributed by atoms with Gasteiger partial charge in [-0.05, 0) is 30.9 Å². The first-order valence-corrected chi connectivity index (χ1v) is 7.50. The van der Waals surface area contributed by atoms with Gasteiger partial charge in [0.15, 0.2) is 5.82 Å². The summed E-state index contributed by atoms with van der Waals surface area (Å²) in [6, 6.07) is 6.82. The quantitative estimate of drug-likeness (QED) is 0.787. The smallest absolute Gasteiger partial charge is 0.203 e. The van der Waals surface area contributed by atoms with E-state index in [1.165, 1.54) is 18.9 Å². The van der Waals surface area contributed by atoms with Gasteiger partial charge in [0, 0.05) is 24.9 Å². The molecule has 0 amide bonds. The largest absolute Gasteiger partial charge is 0.367 e. The van der Waals surface area contributed by atoms with Gasteiger partial charge in [-0.2, -0.15) is 0 Å². The molecule has 0 spiro atoms. The third-order valence-electron chi connectivity index (χ3n) is 3.94. The minimum Gasteiger partial charge on any atom is -0.367 e. The molecule has 0 bridgehead atoms. The lowest BCUT2D eigenvalue weighted by molar-refractivity contribution is 0.610. The fourth-order valence-corrected chi connectivity index (χ4v) is 2.61. The summed E-state index contributed by atoms with van der Waals surface area (Å²) in [5.41, 5.74) is 1.43. The van der Waals surface area contributed by atoms with Crippen LogP contribution in [-0.2, 0) is 6.42 Å². The van der Waals surface area contributed by atoms with E-state index in [1.807, 2.05) is 16.7 Å². The standard InChI is InChI=1S/C16H16FN5/c17-13-4-2-1-3-11(13)7-8-18-14-16-21-20-15(12-5-6-12)22(16)10-9-19-14/h1-4,9-10,12H,5-8H2,(H,18,19). The molecule has 0 aliphatic heterocycles. The average molecular weight is 297 g/mol. The van der Waals surface area contributed by atoms with Crippen LogP contribution < -0.4 is 5.32 Å². The van der Waals surface area contributed by atoms with E-state index in [1.54, 1.807) is 18.3 Å². The van der Waals surface area contributed by atoms with Crippen molar-refractivity contribution >= 4 is 11.5 Å². The second-order valence-corrected chi connectivity index (χ2v) is 5.57. The SMILES string of the molecule is Fc1ccccc1CCNc1nccn2c(C3CC3)nnc12. The lowest BCUT2D eigenvalue weighted by Gasteiger charge is -2.07. The highest BCUT2D eigenvalue weighted by molar-refractivity contribution is 5.62. The molecular formula is C16H16FN5. The number of halogens is 1. The molecule has 0 saturated heterocycles. The highest BCUT2D eigenvalue weighted by atomic mass is 19.1. The number of nitrogens with one attached hydrogen (secondary N) is 1. The van der Waals surface area contributed by atoms with E-state index in [0.717, 1.165) is 11.5 Å². The maximum Gasteiger partial charge on any atom is 0.203 e. The Hall–Kier alpha value is -2.50. The molecule has 5 nitrogen and oxygen atoms in total. The van der Waals surface area contributed by atoms with Crippen LogP contribution in [0.25, 0.3) is 5.65 Å². The van der Waals surface area contributed by atoms with Gasteiger partial charge in [0.2, 0.25) is 5.65 Å². The fourth-order valence-electron chi connectivity index (χ4n) is 2.61. The minimum absolute atomic E-state index is 0.172. The van der Waals surface area contributed by atoms with E-state index in [2.05, 4.69) is 20.5 Å². The van der Waals surface area contributed by atoms with Gasteiger partial charge in [0.25, 0.3) is 0 Å². The van der Waals surface area contributed by atoms with Crippen molar-refractivity contribution in [1.29, 1.82) is 0 Å². The topological polar surface area (TPSA) is 55.1 Å². The van der Waals surface area contributed by atoms with Crippen LogP contribution in [0.5, 0.6) is 0 Å². The molecule has 1 fully saturated rings. The molecule has 1 N–H and O–H groups in total. The maximum absolute atomic E-state index is 13.6. The van der Waals surface area contributed by atoms with Gasteiger partial charge in [-0.3, -0.25) is 4.40 Å². The van der Waals surface area contributed by atoms with Crippen LogP contribution in [0.15, 0.2) is 36.7 Å². The summed E-state index contributed by atoms with van der Waals surface area (Å²) >= 11 is 0. The van der Waals surface area contributed by atoms with Crippen molar-refractivity contribution in [3.05, 3.63) is 53.9 Å². The zero-order chi connectivity index (χ0) is 14.9. The van der Waals surface area contributed by atoms with Crippen LogP contribution in [0.1, 0.15) is 30.1 Å². The number of anilines is 1. The first kappa shape index (κ1) is 13.2. The van der Waals surface area contributed by atoms with E-state index in [4.69, 9.17) is 0 Å². The summed E-state index contributed by atoms with van der Waals surface area (Å²) in [4.78, 5) is 4.33. The van der Waals surface area contributed by atoms with Crippen LogP contribution in [0, 0.1) is 5.82 Å². The third kappa shape index (κ3) is 2.41. The summed E-state index contributed by atoms with van der Waals surface area (Å²) in [5.74, 6) is 2.06. The van der Waals surface area contributed by atoms with Crippen molar-refractivity contribution in [2.75, 3.05) is 11.9 Å². The first-order chi connectivity index (χ1) is 10.8. The van der Waals surface area contributed by atoms with Gasteiger partial charge < -0.3 is 5.32 Å². The summed E-state index contributed by atoms with van der Waals surface area (Å²) in [6.45, 7) is 0.596.